The van der Waals surface area contributed by atoms with Crippen molar-refractivity contribution in [3.05, 3.63) is 0 Å². The quantitative estimate of drug-likeness (QED) is 0.317. The SMILES string of the molecule is CO[C@]1(C)C[C@@H](C)CN(C)[C@@H]([C@H]2CCCN(C(=O)CN(C)C)C2)COC(=O)C(C)(C)C(=O)[C@H](C)[C@H]1O[C@@H]1O[C@H](C)C[C@H](N(C)C)[C@H]1O. The van der Waals surface area contributed by atoms with Crippen LogP contribution in [0.3, 0.4) is 0 Å². The van der Waals surface area contributed by atoms with Gasteiger partial charge in [0.2, 0.25) is 5.91 Å². The summed E-state index contributed by atoms with van der Waals surface area (Å²) in [5, 5.41) is 11.3. The van der Waals surface area contributed by atoms with Gasteiger partial charge in [0.1, 0.15) is 18.1 Å². The molecule has 12 heteroatoms. The van der Waals surface area contributed by atoms with Crippen LogP contribution < -0.4 is 0 Å². The second-order valence-corrected chi connectivity index (χ2v) is 15.8. The van der Waals surface area contributed by atoms with Gasteiger partial charge < -0.3 is 38.8 Å². The van der Waals surface area contributed by atoms with E-state index in [1.54, 1.807) is 27.9 Å². The van der Waals surface area contributed by atoms with Crippen LogP contribution in [0.15, 0.2) is 0 Å². The molecule has 3 aliphatic rings. The van der Waals surface area contributed by atoms with Crippen molar-refractivity contribution in [1.29, 1.82) is 0 Å². The molecule has 0 aromatic heterocycles. The van der Waals surface area contributed by atoms with Gasteiger partial charge in [0, 0.05) is 44.7 Å². The van der Waals surface area contributed by atoms with Crippen LogP contribution in [0.1, 0.15) is 67.2 Å². The zero-order valence-electron chi connectivity index (χ0n) is 31.2. The van der Waals surface area contributed by atoms with Crippen LogP contribution in [0.5, 0.6) is 0 Å². The second kappa shape index (κ2) is 16.4. The molecule has 0 aliphatic carbocycles. The Morgan fingerprint density at radius 3 is 2.34 bits per heavy atom. The summed E-state index contributed by atoms with van der Waals surface area (Å²) < 4.78 is 25.0. The van der Waals surface area contributed by atoms with Crippen molar-refractivity contribution in [3.8, 4) is 0 Å². The lowest BCUT2D eigenvalue weighted by atomic mass is 9.74. The van der Waals surface area contributed by atoms with Crippen LogP contribution in [-0.4, -0.2) is 160 Å². The molecule has 3 aliphatic heterocycles. The number of ether oxygens (including phenoxy) is 4. The third-order valence-corrected chi connectivity index (χ3v) is 10.7. The average molecular weight is 669 g/mol. The van der Waals surface area contributed by atoms with Gasteiger partial charge in [-0.2, -0.15) is 0 Å². The number of likely N-dealkylation sites (tertiary alicyclic amines) is 1. The highest BCUT2D eigenvalue weighted by Gasteiger charge is 2.51. The molecule has 10 atom stereocenters. The van der Waals surface area contributed by atoms with E-state index in [9.17, 15) is 19.5 Å². The van der Waals surface area contributed by atoms with Gasteiger partial charge in [-0.1, -0.05) is 13.8 Å². The molecule has 47 heavy (non-hydrogen) atoms. The first-order chi connectivity index (χ1) is 21.8. The minimum Gasteiger partial charge on any atom is -0.463 e. The summed E-state index contributed by atoms with van der Waals surface area (Å²) in [6.45, 7) is 13.5. The van der Waals surface area contributed by atoms with Crippen LogP contribution in [0, 0.1) is 23.2 Å². The molecule has 0 bridgehead atoms. The molecule has 0 aromatic rings. The van der Waals surface area contributed by atoms with Gasteiger partial charge in [-0.25, -0.2) is 0 Å². The molecule has 1 amide bonds. The molecule has 272 valence electrons. The van der Waals surface area contributed by atoms with Gasteiger partial charge >= 0.3 is 5.97 Å². The van der Waals surface area contributed by atoms with E-state index in [2.05, 4.69) is 11.8 Å². The summed E-state index contributed by atoms with van der Waals surface area (Å²) in [5.41, 5.74) is -2.43. The number of Topliss-reactive ketones (excluding diaryl/α,β-unsaturated/α-hetero) is 1. The van der Waals surface area contributed by atoms with Crippen molar-refractivity contribution in [2.24, 2.45) is 23.2 Å². The Bertz CT molecular complexity index is 1070. The molecule has 0 spiro atoms. The first-order valence-corrected chi connectivity index (χ1v) is 17.4. The first-order valence-electron chi connectivity index (χ1n) is 17.4. The van der Waals surface area contributed by atoms with E-state index in [-0.39, 0.29) is 48.3 Å². The van der Waals surface area contributed by atoms with E-state index in [0.717, 1.165) is 19.4 Å². The fraction of sp³-hybridized carbons (Fsp3) is 0.914. The summed E-state index contributed by atoms with van der Waals surface area (Å²) in [5.74, 6) is -1.42. The summed E-state index contributed by atoms with van der Waals surface area (Å²) >= 11 is 0. The summed E-state index contributed by atoms with van der Waals surface area (Å²) in [7, 11) is 11.3. The third-order valence-electron chi connectivity index (χ3n) is 10.7. The number of aliphatic hydroxyl groups is 1. The maximum Gasteiger partial charge on any atom is 0.319 e. The fourth-order valence-corrected chi connectivity index (χ4v) is 7.98. The van der Waals surface area contributed by atoms with Crippen molar-refractivity contribution in [2.75, 3.05) is 75.1 Å². The average Bonchev–Trinajstić information content (AvgIpc) is 2.99. The molecule has 0 aromatic carbocycles. The van der Waals surface area contributed by atoms with Crippen molar-refractivity contribution in [1.82, 2.24) is 19.6 Å². The highest BCUT2D eigenvalue weighted by molar-refractivity contribution is 6.04. The second-order valence-electron chi connectivity index (χ2n) is 15.8. The maximum atomic E-state index is 14.3. The summed E-state index contributed by atoms with van der Waals surface area (Å²) in [4.78, 5) is 49.0. The summed E-state index contributed by atoms with van der Waals surface area (Å²) in [6.07, 6.45) is 0.0335. The molecule has 12 nitrogen and oxygen atoms in total. The number of carbonyl (C=O) groups excluding carboxylic acids is 3. The molecule has 3 heterocycles. The van der Waals surface area contributed by atoms with E-state index in [1.807, 2.05) is 63.8 Å². The van der Waals surface area contributed by atoms with E-state index >= 15 is 0 Å². The molecular weight excluding hydrogens is 604 g/mol. The number of aliphatic hydroxyl groups excluding tert-OH is 1. The van der Waals surface area contributed by atoms with Crippen LogP contribution in [0.25, 0.3) is 0 Å². The number of piperidine rings is 1. The Morgan fingerprint density at radius 1 is 1.09 bits per heavy atom. The number of methoxy groups -OCH3 is 1. The maximum absolute atomic E-state index is 14.3. The van der Waals surface area contributed by atoms with E-state index in [4.69, 9.17) is 18.9 Å². The Hall–Kier alpha value is -1.67. The van der Waals surface area contributed by atoms with E-state index < -0.39 is 41.4 Å². The predicted octanol–water partition coefficient (Wildman–Crippen LogP) is 2.12. The summed E-state index contributed by atoms with van der Waals surface area (Å²) in [6, 6.07) is -0.334. The zero-order valence-corrected chi connectivity index (χ0v) is 31.2. The van der Waals surface area contributed by atoms with Gasteiger partial charge in [0.05, 0.1) is 24.4 Å². The topological polar surface area (TPSA) is 121 Å². The van der Waals surface area contributed by atoms with Crippen molar-refractivity contribution in [3.63, 3.8) is 0 Å². The Balaban J connectivity index is 1.96. The van der Waals surface area contributed by atoms with Gasteiger partial charge in [0.15, 0.2) is 12.1 Å². The number of esters is 1. The Morgan fingerprint density at radius 2 is 1.74 bits per heavy atom. The molecular formula is C35H64N4O8. The lowest BCUT2D eigenvalue weighted by Crippen LogP contribution is -2.59. The lowest BCUT2D eigenvalue weighted by Gasteiger charge is -2.47. The predicted molar refractivity (Wildman–Crippen MR) is 180 cm³/mol. The highest BCUT2D eigenvalue weighted by atomic mass is 16.7. The monoisotopic (exact) mass is 668 g/mol. The number of hydrogen-bond acceptors (Lipinski definition) is 11. The van der Waals surface area contributed by atoms with Gasteiger partial charge in [0.25, 0.3) is 0 Å². The number of cyclic esters (lactones) is 1. The molecule has 1 N–H and O–H groups in total. The number of carbonyl (C=O) groups is 3. The molecule has 3 rings (SSSR count). The molecule has 0 radical (unpaired) electrons. The minimum absolute atomic E-state index is 0.0889. The largest absolute Gasteiger partial charge is 0.463 e. The van der Waals surface area contributed by atoms with Gasteiger partial charge in [-0.3, -0.25) is 19.3 Å². The van der Waals surface area contributed by atoms with Crippen LogP contribution in [0.4, 0.5) is 0 Å². The normalized spacial score (nSPS) is 38.4. The van der Waals surface area contributed by atoms with Crippen LogP contribution in [0.2, 0.25) is 0 Å². The zero-order chi connectivity index (χ0) is 35.4. The number of nitrogens with zero attached hydrogens (tertiary/aromatic N) is 4. The molecule has 3 fully saturated rings. The Kier molecular flexibility index (Phi) is 13.8. The highest BCUT2D eigenvalue weighted by Crippen LogP contribution is 2.38. The van der Waals surface area contributed by atoms with Crippen molar-refractivity contribution in [2.45, 2.75) is 110 Å². The van der Waals surface area contributed by atoms with Crippen LogP contribution in [-0.2, 0) is 33.3 Å². The third kappa shape index (κ3) is 9.52. The first kappa shape index (κ1) is 39.8. The number of amides is 1. The van der Waals surface area contributed by atoms with Gasteiger partial charge in [-0.15, -0.1) is 0 Å². The smallest absolute Gasteiger partial charge is 0.319 e. The number of rotatable bonds is 7. The van der Waals surface area contributed by atoms with Crippen molar-refractivity contribution >= 4 is 17.7 Å². The fourth-order valence-electron chi connectivity index (χ4n) is 7.98. The standard InChI is InChI=1S/C35H64N4O8/c1-22-17-35(6,44-12)31(47-32-29(41)26(37(9)10)16-23(2)46-32)24(3)30(42)34(4,5)33(43)45-21-27(38(11)18-22)25-14-13-15-39(19-25)28(40)20-36(7)8/h22-27,29,31-32,41H,13-21H2,1-12H3/t22-,23-,24+,25+,26+,27-,29-,31-,32+,35-/m1/s1. The Labute approximate surface area is 283 Å². The van der Waals surface area contributed by atoms with Crippen LogP contribution >= 0.6 is 0 Å². The van der Waals surface area contributed by atoms with E-state index in [1.165, 1.54) is 0 Å². The van der Waals surface area contributed by atoms with Crippen molar-refractivity contribution < 1.29 is 38.4 Å². The van der Waals surface area contributed by atoms with E-state index in [0.29, 0.717) is 32.5 Å². The molecule has 3 saturated heterocycles. The minimum atomic E-state index is -1.47. The molecule has 0 saturated carbocycles. The number of hydrogen-bond donors (Lipinski definition) is 1. The van der Waals surface area contributed by atoms with Gasteiger partial charge in [-0.05, 0) is 100 Å². The molecule has 0 unspecified atom stereocenters. The lowest BCUT2D eigenvalue weighted by molar-refractivity contribution is -0.295. The number of ketones is 1. The number of likely N-dealkylation sites (N-methyl/N-ethyl adjacent to an activating group) is 3.